The van der Waals surface area contributed by atoms with Gasteiger partial charge in [-0.05, 0) is 47.3 Å². The number of hydrogen-bond donors (Lipinski definition) is 2. The lowest BCUT2D eigenvalue weighted by atomic mass is 10.2. The number of aryl methyl sites for hydroxylation is 1. The van der Waals surface area contributed by atoms with Crippen LogP contribution < -0.4 is 11.1 Å². The van der Waals surface area contributed by atoms with E-state index < -0.39 is 0 Å². The standard InChI is InChI=1S/C13H15IN2/c1-9-3-5-11(15)12(7-9)16-13-6-4-10(2)8-14-13/h3-8,16H,15H2,1-2H3. The SMILES string of the molecule is CC1=CI=C(Nc2cc(C)ccc2N)C=C1. The summed E-state index contributed by atoms with van der Waals surface area (Å²) in [5.74, 6) is 0. The van der Waals surface area contributed by atoms with E-state index in [-0.39, 0.29) is 20.7 Å². The fourth-order valence-electron chi connectivity index (χ4n) is 1.40. The first-order chi connectivity index (χ1) is 7.65. The number of rotatable bonds is 2. The molecule has 3 N–H and O–H groups in total. The van der Waals surface area contributed by atoms with Gasteiger partial charge >= 0.3 is 0 Å². The molecule has 1 heterocycles. The number of benzene rings is 1. The summed E-state index contributed by atoms with van der Waals surface area (Å²) in [4.78, 5) is 0. The second-order valence-electron chi connectivity index (χ2n) is 3.86. The second-order valence-corrected chi connectivity index (χ2v) is 6.27. The van der Waals surface area contributed by atoms with Gasteiger partial charge in [-0.25, -0.2) is 0 Å². The minimum atomic E-state index is -0.0388. The molecule has 84 valence electrons. The molecule has 0 spiro atoms. The van der Waals surface area contributed by atoms with Gasteiger partial charge in [-0.15, -0.1) is 0 Å². The van der Waals surface area contributed by atoms with Crippen molar-refractivity contribution < 1.29 is 0 Å². The van der Waals surface area contributed by atoms with Crippen molar-refractivity contribution >= 4 is 35.7 Å². The first kappa shape index (κ1) is 11.4. The molecule has 0 bridgehead atoms. The topological polar surface area (TPSA) is 38.0 Å². The van der Waals surface area contributed by atoms with Crippen molar-refractivity contribution in [2.24, 2.45) is 0 Å². The zero-order valence-corrected chi connectivity index (χ0v) is 11.6. The Balaban J connectivity index is 2.22. The van der Waals surface area contributed by atoms with Crippen LogP contribution in [-0.4, -0.2) is 3.63 Å². The predicted molar refractivity (Wildman–Crippen MR) is 81.1 cm³/mol. The average molecular weight is 326 g/mol. The third-order valence-corrected chi connectivity index (χ3v) is 4.89. The largest absolute Gasteiger partial charge is 0.397 e. The molecular weight excluding hydrogens is 311 g/mol. The fourth-order valence-corrected chi connectivity index (χ4v) is 3.27. The van der Waals surface area contributed by atoms with E-state index in [1.807, 2.05) is 12.1 Å². The van der Waals surface area contributed by atoms with Gasteiger partial charge < -0.3 is 11.1 Å². The Morgan fingerprint density at radius 3 is 2.69 bits per heavy atom. The van der Waals surface area contributed by atoms with Crippen LogP contribution in [0.1, 0.15) is 12.5 Å². The summed E-state index contributed by atoms with van der Waals surface area (Å²) in [6.45, 7) is 4.21. The minimum Gasteiger partial charge on any atom is -0.397 e. The lowest BCUT2D eigenvalue weighted by molar-refractivity contribution is 1.47. The smallest absolute Gasteiger partial charge is 0.0720 e. The summed E-state index contributed by atoms with van der Waals surface area (Å²) in [6.07, 6.45) is 4.29. The van der Waals surface area contributed by atoms with Crippen LogP contribution in [0, 0.1) is 6.92 Å². The number of nitrogen functional groups attached to an aromatic ring is 1. The van der Waals surface area contributed by atoms with Crippen molar-refractivity contribution in [3.63, 3.8) is 0 Å². The number of nitrogens with two attached hydrogens (primary N) is 1. The number of nitrogens with one attached hydrogen (secondary N) is 1. The summed E-state index contributed by atoms with van der Waals surface area (Å²) < 4.78 is 3.61. The molecule has 2 nitrogen and oxygen atoms in total. The zero-order valence-electron chi connectivity index (χ0n) is 9.42. The Morgan fingerprint density at radius 1 is 1.19 bits per heavy atom. The van der Waals surface area contributed by atoms with Crippen molar-refractivity contribution in [1.82, 2.24) is 0 Å². The number of halogens is 1. The average Bonchev–Trinajstić information content (AvgIpc) is 2.27. The van der Waals surface area contributed by atoms with E-state index in [1.165, 1.54) is 14.8 Å². The van der Waals surface area contributed by atoms with Crippen LogP contribution in [0.25, 0.3) is 0 Å². The Kier molecular flexibility index (Phi) is 3.43. The van der Waals surface area contributed by atoms with Gasteiger partial charge in [0.05, 0.1) is 15.0 Å². The van der Waals surface area contributed by atoms with Gasteiger partial charge in [0, 0.05) is 0 Å². The Labute approximate surface area is 106 Å². The molecule has 1 aliphatic heterocycles. The Hall–Kier alpha value is -1.10. The molecule has 0 aromatic heterocycles. The molecule has 0 fully saturated rings. The van der Waals surface area contributed by atoms with Crippen LogP contribution in [0.4, 0.5) is 11.4 Å². The van der Waals surface area contributed by atoms with Gasteiger partial charge in [0.2, 0.25) is 0 Å². The number of hydrogen-bond acceptors (Lipinski definition) is 2. The molecule has 16 heavy (non-hydrogen) atoms. The predicted octanol–water partition coefficient (Wildman–Crippen LogP) is 3.56. The normalized spacial score (nSPS) is 14.9. The summed E-state index contributed by atoms with van der Waals surface area (Å²) in [6, 6.07) is 6.07. The first-order valence-corrected chi connectivity index (χ1v) is 7.46. The highest BCUT2D eigenvalue weighted by Gasteiger charge is 2.02. The molecule has 0 saturated carbocycles. The Morgan fingerprint density at radius 2 is 2.00 bits per heavy atom. The van der Waals surface area contributed by atoms with E-state index in [2.05, 4.69) is 41.5 Å². The van der Waals surface area contributed by atoms with Crippen molar-refractivity contribution in [3.05, 3.63) is 45.6 Å². The van der Waals surface area contributed by atoms with E-state index in [9.17, 15) is 0 Å². The lowest BCUT2D eigenvalue weighted by Gasteiger charge is -2.11. The molecule has 3 heteroatoms. The third kappa shape index (κ3) is 2.72. The van der Waals surface area contributed by atoms with Gasteiger partial charge in [-0.1, -0.05) is 32.9 Å². The van der Waals surface area contributed by atoms with E-state index in [4.69, 9.17) is 5.73 Å². The third-order valence-electron chi connectivity index (χ3n) is 2.30. The maximum absolute atomic E-state index is 5.93. The monoisotopic (exact) mass is 326 g/mol. The van der Waals surface area contributed by atoms with Gasteiger partial charge in [0.25, 0.3) is 0 Å². The van der Waals surface area contributed by atoms with Crippen molar-refractivity contribution in [2.75, 3.05) is 11.1 Å². The van der Waals surface area contributed by atoms with E-state index in [0.29, 0.717) is 0 Å². The van der Waals surface area contributed by atoms with Crippen LogP contribution in [-0.2, 0) is 0 Å². The molecule has 0 amide bonds. The van der Waals surface area contributed by atoms with Crippen LogP contribution in [0.2, 0.25) is 0 Å². The van der Waals surface area contributed by atoms with Gasteiger partial charge in [-0.2, -0.15) is 0 Å². The van der Waals surface area contributed by atoms with Crippen molar-refractivity contribution in [3.8, 4) is 0 Å². The molecule has 0 aliphatic carbocycles. The fraction of sp³-hybridized carbons (Fsp3) is 0.154. The first-order valence-electron chi connectivity index (χ1n) is 5.13. The summed E-state index contributed by atoms with van der Waals surface area (Å²) in [5.41, 5.74) is 10.3. The molecule has 1 aromatic carbocycles. The van der Waals surface area contributed by atoms with Crippen molar-refractivity contribution in [2.45, 2.75) is 13.8 Å². The molecular formula is C13H15IN2. The van der Waals surface area contributed by atoms with Gasteiger partial charge in [0.1, 0.15) is 0 Å². The highest BCUT2D eigenvalue weighted by atomic mass is 127. The van der Waals surface area contributed by atoms with Crippen LogP contribution >= 0.6 is 20.7 Å². The summed E-state index contributed by atoms with van der Waals surface area (Å²) in [7, 11) is 0. The molecule has 0 radical (unpaired) electrons. The lowest BCUT2D eigenvalue weighted by Crippen LogP contribution is -2.09. The second kappa shape index (κ2) is 4.82. The highest BCUT2D eigenvalue weighted by Crippen LogP contribution is 2.23. The number of anilines is 2. The quantitative estimate of drug-likeness (QED) is 0.644. The molecule has 0 unspecified atom stereocenters. The van der Waals surface area contributed by atoms with E-state index in [1.54, 1.807) is 0 Å². The number of allylic oxidation sites excluding steroid dienone is 2. The highest BCUT2D eigenvalue weighted by molar-refractivity contribution is 14.2. The molecule has 1 aromatic rings. The molecule has 2 rings (SSSR count). The van der Waals surface area contributed by atoms with Gasteiger partial charge in [-0.3, -0.25) is 0 Å². The van der Waals surface area contributed by atoms with Crippen LogP contribution in [0.3, 0.4) is 0 Å². The Bertz CT molecular complexity index is 499. The van der Waals surface area contributed by atoms with E-state index >= 15 is 0 Å². The molecule has 1 aliphatic rings. The summed E-state index contributed by atoms with van der Waals surface area (Å²) in [5, 5.41) is 3.42. The van der Waals surface area contributed by atoms with Crippen LogP contribution in [0.15, 0.2) is 40.0 Å². The maximum Gasteiger partial charge on any atom is 0.0720 e. The van der Waals surface area contributed by atoms with Gasteiger partial charge in [0.15, 0.2) is 0 Å². The minimum absolute atomic E-state index is 0.0388. The maximum atomic E-state index is 5.93. The molecule has 0 atom stereocenters. The van der Waals surface area contributed by atoms with E-state index in [0.717, 1.165) is 11.4 Å². The van der Waals surface area contributed by atoms with Crippen LogP contribution in [0.5, 0.6) is 0 Å². The van der Waals surface area contributed by atoms with Crippen molar-refractivity contribution in [1.29, 1.82) is 0 Å². The summed E-state index contributed by atoms with van der Waals surface area (Å²) >= 11 is -0.0388. The molecule has 0 saturated heterocycles. The zero-order chi connectivity index (χ0) is 11.5.